The van der Waals surface area contributed by atoms with E-state index in [1.165, 1.54) is 24.5 Å². The van der Waals surface area contributed by atoms with Crippen molar-refractivity contribution in [3.8, 4) is 5.75 Å². The van der Waals surface area contributed by atoms with Gasteiger partial charge in [0.2, 0.25) is 0 Å². The van der Waals surface area contributed by atoms with Crippen molar-refractivity contribution in [2.45, 2.75) is 26.4 Å². The highest BCUT2D eigenvalue weighted by Crippen LogP contribution is 2.27. The van der Waals surface area contributed by atoms with E-state index in [1.54, 1.807) is 12.1 Å². The van der Waals surface area contributed by atoms with Crippen molar-refractivity contribution >= 4 is 17.4 Å². The molecule has 29 heavy (non-hydrogen) atoms. The molecule has 150 valence electrons. The summed E-state index contributed by atoms with van der Waals surface area (Å²) in [4.78, 5) is 20.7. The van der Waals surface area contributed by atoms with Gasteiger partial charge in [0, 0.05) is 6.54 Å². The first-order valence-corrected chi connectivity index (χ1v) is 9.38. The van der Waals surface area contributed by atoms with E-state index in [4.69, 9.17) is 4.74 Å². The van der Waals surface area contributed by atoms with Crippen LogP contribution in [0.4, 0.5) is 15.9 Å². The fourth-order valence-corrected chi connectivity index (χ4v) is 2.64. The van der Waals surface area contributed by atoms with Gasteiger partial charge in [-0.25, -0.2) is 14.4 Å². The second-order valence-corrected chi connectivity index (χ2v) is 6.71. The number of para-hydroxylation sites is 2. The molecule has 7 heteroatoms. The van der Waals surface area contributed by atoms with Gasteiger partial charge in [-0.05, 0) is 50.1 Å². The SMILES string of the molecule is CC(C)Oc1ccccc1Nc1cnc(C(=O)NCCc2ccc(F)cc2)cn1. The Kier molecular flexibility index (Phi) is 6.73. The van der Waals surface area contributed by atoms with Gasteiger partial charge in [-0.3, -0.25) is 4.79 Å². The molecule has 3 aromatic rings. The molecule has 1 amide bonds. The minimum atomic E-state index is -0.310. The molecule has 3 rings (SSSR count). The molecular weight excluding hydrogens is 371 g/mol. The minimum absolute atomic E-state index is 0.0463. The molecule has 0 aliphatic carbocycles. The largest absolute Gasteiger partial charge is 0.489 e. The van der Waals surface area contributed by atoms with Gasteiger partial charge in [0.15, 0.2) is 0 Å². The van der Waals surface area contributed by atoms with E-state index in [-0.39, 0.29) is 23.5 Å². The molecule has 6 nitrogen and oxygen atoms in total. The zero-order chi connectivity index (χ0) is 20.6. The molecule has 0 saturated carbocycles. The fourth-order valence-electron chi connectivity index (χ4n) is 2.64. The number of benzene rings is 2. The third-order valence-corrected chi connectivity index (χ3v) is 4.01. The second-order valence-electron chi connectivity index (χ2n) is 6.71. The molecule has 0 aliphatic rings. The van der Waals surface area contributed by atoms with Crippen LogP contribution in [0.2, 0.25) is 0 Å². The van der Waals surface area contributed by atoms with Gasteiger partial charge < -0.3 is 15.4 Å². The Bertz CT molecular complexity index is 944. The number of halogens is 1. The number of nitrogens with one attached hydrogen (secondary N) is 2. The zero-order valence-electron chi connectivity index (χ0n) is 16.4. The van der Waals surface area contributed by atoms with Crippen LogP contribution in [-0.2, 0) is 6.42 Å². The lowest BCUT2D eigenvalue weighted by atomic mass is 10.1. The van der Waals surface area contributed by atoms with Crippen LogP contribution in [0.5, 0.6) is 5.75 Å². The normalized spacial score (nSPS) is 10.6. The average Bonchev–Trinajstić information content (AvgIpc) is 2.71. The summed E-state index contributed by atoms with van der Waals surface area (Å²) in [5, 5.41) is 5.94. The number of aromatic nitrogens is 2. The molecule has 2 aromatic carbocycles. The number of hydrogen-bond acceptors (Lipinski definition) is 5. The highest BCUT2D eigenvalue weighted by Gasteiger charge is 2.10. The van der Waals surface area contributed by atoms with Crippen molar-refractivity contribution in [1.82, 2.24) is 15.3 Å². The number of nitrogens with zero attached hydrogens (tertiary/aromatic N) is 2. The first-order valence-electron chi connectivity index (χ1n) is 9.38. The molecular formula is C22H23FN4O2. The van der Waals surface area contributed by atoms with Crippen LogP contribution in [0.15, 0.2) is 60.9 Å². The highest BCUT2D eigenvalue weighted by atomic mass is 19.1. The van der Waals surface area contributed by atoms with Crippen LogP contribution < -0.4 is 15.4 Å². The standard InChI is InChI=1S/C22H23FN4O2/c1-15(2)29-20-6-4-3-5-18(20)27-21-14-25-19(13-26-21)22(28)24-12-11-16-7-9-17(23)10-8-16/h3-10,13-15H,11-12H2,1-2H3,(H,24,28)(H,26,27). The lowest BCUT2D eigenvalue weighted by molar-refractivity contribution is 0.0949. The van der Waals surface area contributed by atoms with Gasteiger partial charge in [0.1, 0.15) is 23.1 Å². The predicted octanol–water partition coefficient (Wildman–Crippen LogP) is 4.12. The Balaban J connectivity index is 1.55. The van der Waals surface area contributed by atoms with Crippen molar-refractivity contribution in [3.63, 3.8) is 0 Å². The molecule has 0 bridgehead atoms. The second kappa shape index (κ2) is 9.64. The smallest absolute Gasteiger partial charge is 0.271 e. The lowest BCUT2D eigenvalue weighted by Gasteiger charge is -2.15. The molecule has 2 N–H and O–H groups in total. The van der Waals surface area contributed by atoms with Gasteiger partial charge in [-0.1, -0.05) is 24.3 Å². The summed E-state index contributed by atoms with van der Waals surface area (Å²) in [7, 11) is 0. The van der Waals surface area contributed by atoms with Gasteiger partial charge >= 0.3 is 0 Å². The monoisotopic (exact) mass is 394 g/mol. The highest BCUT2D eigenvalue weighted by molar-refractivity contribution is 5.92. The molecule has 0 fully saturated rings. The van der Waals surface area contributed by atoms with Crippen LogP contribution in [0.1, 0.15) is 29.9 Å². The van der Waals surface area contributed by atoms with E-state index in [9.17, 15) is 9.18 Å². The third-order valence-electron chi connectivity index (χ3n) is 4.01. The number of hydrogen-bond donors (Lipinski definition) is 2. The average molecular weight is 394 g/mol. The predicted molar refractivity (Wildman–Crippen MR) is 110 cm³/mol. The lowest BCUT2D eigenvalue weighted by Crippen LogP contribution is -2.26. The summed E-state index contributed by atoms with van der Waals surface area (Å²) < 4.78 is 18.7. The molecule has 0 atom stereocenters. The van der Waals surface area contributed by atoms with Crippen molar-refractivity contribution in [2.24, 2.45) is 0 Å². The number of carbonyl (C=O) groups excluding carboxylic acids is 1. The molecule has 0 aliphatic heterocycles. The Morgan fingerprint density at radius 1 is 1.07 bits per heavy atom. The maximum Gasteiger partial charge on any atom is 0.271 e. The maximum absolute atomic E-state index is 12.9. The third kappa shape index (κ3) is 6.00. The molecule has 1 heterocycles. The Morgan fingerprint density at radius 2 is 1.83 bits per heavy atom. The Hall–Kier alpha value is -3.48. The molecule has 1 aromatic heterocycles. The van der Waals surface area contributed by atoms with Crippen LogP contribution >= 0.6 is 0 Å². The topological polar surface area (TPSA) is 76.1 Å². The number of rotatable bonds is 8. The molecule has 0 saturated heterocycles. The van der Waals surface area contributed by atoms with E-state index >= 15 is 0 Å². The van der Waals surface area contributed by atoms with E-state index in [0.29, 0.717) is 24.5 Å². The molecule has 0 unspecified atom stereocenters. The van der Waals surface area contributed by atoms with Gasteiger partial charge in [0.25, 0.3) is 5.91 Å². The van der Waals surface area contributed by atoms with Gasteiger partial charge in [0.05, 0.1) is 24.2 Å². The Morgan fingerprint density at radius 3 is 2.52 bits per heavy atom. The van der Waals surface area contributed by atoms with E-state index < -0.39 is 0 Å². The van der Waals surface area contributed by atoms with Crippen molar-refractivity contribution < 1.29 is 13.9 Å². The summed E-state index contributed by atoms with van der Waals surface area (Å²) in [5.74, 6) is 0.634. The summed E-state index contributed by atoms with van der Waals surface area (Å²) in [5.41, 5.74) is 1.94. The number of ether oxygens (including phenoxy) is 1. The molecule has 0 radical (unpaired) electrons. The summed E-state index contributed by atoms with van der Waals surface area (Å²) >= 11 is 0. The number of carbonyl (C=O) groups is 1. The van der Waals surface area contributed by atoms with Crippen LogP contribution in [0.3, 0.4) is 0 Å². The van der Waals surface area contributed by atoms with Crippen LogP contribution in [0, 0.1) is 5.82 Å². The van der Waals surface area contributed by atoms with E-state index in [1.807, 2.05) is 38.1 Å². The van der Waals surface area contributed by atoms with Gasteiger partial charge in [-0.2, -0.15) is 0 Å². The first-order chi connectivity index (χ1) is 14.0. The summed E-state index contributed by atoms with van der Waals surface area (Å²) in [6.45, 7) is 4.34. The summed E-state index contributed by atoms with van der Waals surface area (Å²) in [6.07, 6.45) is 3.57. The zero-order valence-corrected chi connectivity index (χ0v) is 16.4. The maximum atomic E-state index is 12.9. The number of anilines is 2. The molecule has 0 spiro atoms. The summed E-state index contributed by atoms with van der Waals surface area (Å²) in [6, 6.07) is 13.7. The fraction of sp³-hybridized carbons (Fsp3) is 0.227. The van der Waals surface area contributed by atoms with Crippen molar-refractivity contribution in [3.05, 3.63) is 78.0 Å². The number of amides is 1. The van der Waals surface area contributed by atoms with E-state index in [0.717, 1.165) is 11.3 Å². The van der Waals surface area contributed by atoms with Gasteiger partial charge in [-0.15, -0.1) is 0 Å². The quantitative estimate of drug-likeness (QED) is 0.601. The first kappa shape index (κ1) is 20.3. The van der Waals surface area contributed by atoms with Crippen molar-refractivity contribution in [2.75, 3.05) is 11.9 Å². The minimum Gasteiger partial charge on any atom is -0.489 e. The van der Waals surface area contributed by atoms with E-state index in [2.05, 4.69) is 20.6 Å². The van der Waals surface area contributed by atoms with Crippen LogP contribution in [0.25, 0.3) is 0 Å². The van der Waals surface area contributed by atoms with Crippen LogP contribution in [-0.4, -0.2) is 28.5 Å². The Labute approximate surface area is 169 Å². The van der Waals surface area contributed by atoms with Crippen molar-refractivity contribution in [1.29, 1.82) is 0 Å².